The van der Waals surface area contributed by atoms with Crippen molar-refractivity contribution in [2.24, 2.45) is 0 Å². The second-order valence-corrected chi connectivity index (χ2v) is 6.35. The number of halogens is 3. The second kappa shape index (κ2) is 5.35. The fraction of sp³-hybridized carbons (Fsp3) is 0.0769. The first-order valence-electron chi connectivity index (χ1n) is 5.76. The quantitative estimate of drug-likeness (QED) is 0.642. The van der Waals surface area contributed by atoms with E-state index in [9.17, 15) is 0 Å². The van der Waals surface area contributed by atoms with Gasteiger partial charge in [0, 0.05) is 28.1 Å². The zero-order valence-corrected chi connectivity index (χ0v) is 14.3. The number of benzene rings is 1. The summed E-state index contributed by atoms with van der Waals surface area (Å²) in [6, 6.07) is 3.83. The van der Waals surface area contributed by atoms with E-state index in [0.29, 0.717) is 10.8 Å². The lowest BCUT2D eigenvalue weighted by Gasteiger charge is -2.11. The molecule has 20 heavy (non-hydrogen) atoms. The summed E-state index contributed by atoms with van der Waals surface area (Å²) in [5, 5.41) is 3.95. The average molecular weight is 417 g/mol. The third-order valence-corrected chi connectivity index (χ3v) is 4.29. The summed E-state index contributed by atoms with van der Waals surface area (Å²) >= 11 is 13.1. The van der Waals surface area contributed by atoms with Crippen LogP contribution in [0, 0.1) is 6.92 Å². The van der Waals surface area contributed by atoms with Crippen LogP contribution in [0.1, 0.15) is 5.56 Å². The molecule has 0 aliphatic carbocycles. The molecule has 1 N–H and O–H groups in total. The van der Waals surface area contributed by atoms with Gasteiger partial charge in [-0.2, -0.15) is 0 Å². The highest BCUT2D eigenvalue weighted by molar-refractivity contribution is 9.10. The number of aromatic nitrogens is 3. The number of hydrogen-bond acceptors (Lipinski definition) is 3. The van der Waals surface area contributed by atoms with E-state index < -0.39 is 0 Å². The summed E-state index contributed by atoms with van der Waals surface area (Å²) in [7, 11) is 0. The Balaban J connectivity index is 2.09. The van der Waals surface area contributed by atoms with E-state index in [1.165, 1.54) is 0 Å². The Labute approximate surface area is 137 Å². The normalized spacial score (nSPS) is 11.0. The fourth-order valence-electron chi connectivity index (χ4n) is 1.85. The fourth-order valence-corrected chi connectivity index (χ4v) is 2.97. The third-order valence-electron chi connectivity index (χ3n) is 2.85. The van der Waals surface area contributed by atoms with Crippen LogP contribution in [0.2, 0.25) is 5.02 Å². The molecule has 4 nitrogen and oxygen atoms in total. The van der Waals surface area contributed by atoms with Crippen LogP contribution < -0.4 is 5.32 Å². The molecule has 0 spiro atoms. The Morgan fingerprint density at radius 3 is 2.90 bits per heavy atom. The van der Waals surface area contributed by atoms with Crippen LogP contribution in [0.5, 0.6) is 0 Å². The molecule has 1 aromatic carbocycles. The van der Waals surface area contributed by atoms with Gasteiger partial charge < -0.3 is 9.72 Å². The van der Waals surface area contributed by atoms with E-state index in [-0.39, 0.29) is 0 Å². The molecule has 0 saturated heterocycles. The molecular formula is C13H9Br2ClN4. The number of anilines is 2. The molecule has 102 valence electrons. The predicted octanol–water partition coefficient (Wildman–Crippen LogP) is 4.96. The number of hydrogen-bond donors (Lipinski definition) is 1. The Morgan fingerprint density at radius 2 is 2.10 bits per heavy atom. The molecule has 0 saturated carbocycles. The van der Waals surface area contributed by atoms with Crippen LogP contribution in [0.4, 0.5) is 11.5 Å². The van der Waals surface area contributed by atoms with Crippen molar-refractivity contribution >= 4 is 60.6 Å². The highest BCUT2D eigenvalue weighted by Crippen LogP contribution is 2.32. The highest BCUT2D eigenvalue weighted by Gasteiger charge is 2.10. The molecule has 3 aromatic rings. The van der Waals surface area contributed by atoms with Crippen molar-refractivity contribution in [1.82, 2.24) is 14.4 Å². The lowest BCUT2D eigenvalue weighted by Crippen LogP contribution is -1.99. The Kier molecular flexibility index (Phi) is 3.70. The molecule has 2 heterocycles. The lowest BCUT2D eigenvalue weighted by molar-refractivity contribution is 1.10. The van der Waals surface area contributed by atoms with Crippen molar-refractivity contribution in [3.63, 3.8) is 0 Å². The smallest absolute Gasteiger partial charge is 0.180 e. The molecule has 0 aliphatic heterocycles. The molecule has 2 aromatic heterocycles. The van der Waals surface area contributed by atoms with Gasteiger partial charge in [-0.1, -0.05) is 11.6 Å². The summed E-state index contributed by atoms with van der Waals surface area (Å²) in [5.74, 6) is 0.657. The summed E-state index contributed by atoms with van der Waals surface area (Å²) in [6.45, 7) is 1.96. The Morgan fingerprint density at radius 1 is 1.30 bits per heavy atom. The first-order chi connectivity index (χ1) is 9.54. The van der Waals surface area contributed by atoms with Gasteiger partial charge in [-0.25, -0.2) is 9.97 Å². The standard InChI is InChI=1S/C13H9Br2ClN4/c1-7-4-8(14)10(5-9(7)16)18-12-13-17-2-3-20(13)6-11(15)19-12/h2-6H,1H3,(H,18,19). The Bertz CT molecular complexity index is 800. The zero-order chi connectivity index (χ0) is 14.3. The van der Waals surface area contributed by atoms with Crippen LogP contribution in [-0.4, -0.2) is 14.4 Å². The van der Waals surface area contributed by atoms with E-state index in [0.717, 1.165) is 26.0 Å². The molecule has 0 atom stereocenters. The highest BCUT2D eigenvalue weighted by atomic mass is 79.9. The van der Waals surface area contributed by atoms with E-state index in [2.05, 4.69) is 47.1 Å². The minimum Gasteiger partial charge on any atom is -0.336 e. The molecule has 0 aliphatic rings. The van der Waals surface area contributed by atoms with Crippen LogP contribution in [-0.2, 0) is 0 Å². The number of imidazole rings is 1. The SMILES string of the molecule is Cc1cc(Br)c(Nc2nc(Br)cn3ccnc23)cc1Cl. The molecule has 0 bridgehead atoms. The van der Waals surface area contributed by atoms with E-state index >= 15 is 0 Å². The Hall–Kier alpha value is -1.11. The van der Waals surface area contributed by atoms with Crippen molar-refractivity contribution < 1.29 is 0 Å². The zero-order valence-electron chi connectivity index (χ0n) is 10.4. The maximum Gasteiger partial charge on any atom is 0.180 e. The van der Waals surface area contributed by atoms with Crippen molar-refractivity contribution in [1.29, 1.82) is 0 Å². The molecule has 0 amide bonds. The van der Waals surface area contributed by atoms with Gasteiger partial charge in [0.15, 0.2) is 11.5 Å². The number of aryl methyl sites for hydroxylation is 1. The summed E-state index contributed by atoms with van der Waals surface area (Å²) < 4.78 is 3.54. The minimum absolute atomic E-state index is 0.657. The van der Waals surface area contributed by atoms with Gasteiger partial charge in [0.2, 0.25) is 0 Å². The first kappa shape index (κ1) is 13.9. The van der Waals surface area contributed by atoms with Gasteiger partial charge in [0.1, 0.15) is 4.60 Å². The van der Waals surface area contributed by atoms with Gasteiger partial charge in [-0.3, -0.25) is 0 Å². The summed E-state index contributed by atoms with van der Waals surface area (Å²) in [5.41, 5.74) is 2.60. The van der Waals surface area contributed by atoms with E-state index in [1.807, 2.05) is 35.9 Å². The van der Waals surface area contributed by atoms with Gasteiger partial charge >= 0.3 is 0 Å². The van der Waals surface area contributed by atoms with Gasteiger partial charge in [-0.05, 0) is 56.5 Å². The second-order valence-electron chi connectivity index (χ2n) is 4.28. The summed E-state index contributed by atoms with van der Waals surface area (Å²) in [4.78, 5) is 8.71. The van der Waals surface area contributed by atoms with Crippen molar-refractivity contribution in [2.45, 2.75) is 6.92 Å². The van der Waals surface area contributed by atoms with Crippen molar-refractivity contribution in [3.05, 3.63) is 50.4 Å². The molecule has 7 heteroatoms. The molecule has 0 unspecified atom stereocenters. The molecule has 0 radical (unpaired) electrons. The van der Waals surface area contributed by atoms with E-state index in [1.54, 1.807) is 6.20 Å². The van der Waals surface area contributed by atoms with Gasteiger partial charge in [-0.15, -0.1) is 0 Å². The molecular weight excluding hydrogens is 407 g/mol. The topological polar surface area (TPSA) is 42.2 Å². The maximum atomic E-state index is 6.17. The largest absolute Gasteiger partial charge is 0.336 e. The maximum absolute atomic E-state index is 6.17. The lowest BCUT2D eigenvalue weighted by atomic mass is 10.2. The van der Waals surface area contributed by atoms with Crippen LogP contribution in [0.15, 0.2) is 39.8 Å². The number of fused-ring (bicyclic) bond motifs is 1. The number of nitrogens with zero attached hydrogens (tertiary/aromatic N) is 3. The van der Waals surface area contributed by atoms with Crippen LogP contribution >= 0.6 is 43.5 Å². The van der Waals surface area contributed by atoms with E-state index in [4.69, 9.17) is 11.6 Å². The predicted molar refractivity (Wildman–Crippen MR) is 87.9 cm³/mol. The summed E-state index contributed by atoms with van der Waals surface area (Å²) in [6.07, 6.45) is 5.45. The molecule has 3 rings (SSSR count). The first-order valence-corrected chi connectivity index (χ1v) is 7.73. The van der Waals surface area contributed by atoms with Crippen LogP contribution in [0.25, 0.3) is 5.65 Å². The number of nitrogens with one attached hydrogen (secondary N) is 1. The van der Waals surface area contributed by atoms with Crippen molar-refractivity contribution in [2.75, 3.05) is 5.32 Å². The number of rotatable bonds is 2. The third kappa shape index (κ3) is 2.55. The van der Waals surface area contributed by atoms with Crippen molar-refractivity contribution in [3.8, 4) is 0 Å². The van der Waals surface area contributed by atoms with Crippen LogP contribution in [0.3, 0.4) is 0 Å². The van der Waals surface area contributed by atoms with Gasteiger partial charge in [0.25, 0.3) is 0 Å². The monoisotopic (exact) mass is 414 g/mol. The average Bonchev–Trinajstić information content (AvgIpc) is 2.84. The molecule has 0 fully saturated rings. The minimum atomic E-state index is 0.657. The van der Waals surface area contributed by atoms with Gasteiger partial charge in [0.05, 0.1) is 5.69 Å².